The Labute approximate surface area is 483 Å². The Morgan fingerprint density at radius 1 is 0.269 bits per heavy atom. The predicted octanol–water partition coefficient (Wildman–Crippen LogP) is 22.8. The second-order valence-corrected chi connectivity index (χ2v) is 22.0. The van der Waals surface area contributed by atoms with E-state index in [2.05, 4.69) is 118 Å². The average molecular weight is 1090 g/mol. The van der Waals surface area contributed by atoms with Crippen molar-refractivity contribution >= 4 is 17.9 Å². The van der Waals surface area contributed by atoms with Crippen LogP contribution in [0, 0.1) is 0 Å². The van der Waals surface area contributed by atoms with Gasteiger partial charge in [0.25, 0.3) is 0 Å². The zero-order chi connectivity index (χ0) is 56.4. The summed E-state index contributed by atoms with van der Waals surface area (Å²) in [6, 6.07) is 0. The van der Waals surface area contributed by atoms with Crippen molar-refractivity contribution in [1.82, 2.24) is 0 Å². The van der Waals surface area contributed by atoms with Crippen LogP contribution < -0.4 is 0 Å². The summed E-state index contributed by atoms with van der Waals surface area (Å²) in [4.78, 5) is 38.4. The van der Waals surface area contributed by atoms with Crippen LogP contribution in [0.2, 0.25) is 0 Å². The van der Waals surface area contributed by atoms with E-state index in [0.29, 0.717) is 19.3 Å². The normalized spacial score (nSPS) is 12.7. The molecule has 0 saturated heterocycles. The molecule has 0 aromatic carbocycles. The molecule has 448 valence electrons. The Hall–Kier alpha value is -3.67. The minimum Gasteiger partial charge on any atom is -0.462 e. The molecule has 78 heavy (non-hydrogen) atoms. The molecule has 0 aliphatic carbocycles. The van der Waals surface area contributed by atoms with Crippen LogP contribution >= 0.6 is 0 Å². The van der Waals surface area contributed by atoms with E-state index in [4.69, 9.17) is 14.2 Å². The standard InChI is InChI=1S/C72H124O6/c1-4-7-10-13-16-19-22-25-28-31-33-34-35-36-37-38-40-41-44-47-50-53-56-59-62-65-71(74)77-68-69(67-76-70(73)64-61-58-55-52-49-46-43-30-27-24-21-18-15-12-9-6-3)78-72(75)66-63-60-57-54-51-48-45-42-39-32-29-26-23-20-17-14-11-8-5-2/h7,10,16,19,21,24-26,28-30,33-34,36-37,43,69H,4-6,8-9,11-15,17-18,20,22-23,27,31-32,35,38-42,44-68H2,1-3H3/b10-7-,19-16-,24-21-,28-25-,29-26-,34-33-,37-36-,43-30-. The van der Waals surface area contributed by atoms with Crippen molar-refractivity contribution in [3.63, 3.8) is 0 Å². The van der Waals surface area contributed by atoms with Crippen molar-refractivity contribution < 1.29 is 28.6 Å². The largest absolute Gasteiger partial charge is 0.462 e. The van der Waals surface area contributed by atoms with Gasteiger partial charge in [-0.25, -0.2) is 0 Å². The lowest BCUT2D eigenvalue weighted by molar-refractivity contribution is -0.167. The summed E-state index contributed by atoms with van der Waals surface area (Å²) in [5, 5.41) is 0. The Kier molecular flexibility index (Phi) is 62.7. The molecule has 0 saturated carbocycles. The van der Waals surface area contributed by atoms with Gasteiger partial charge in [0, 0.05) is 19.3 Å². The number of allylic oxidation sites excluding steroid dienone is 16. The molecule has 0 aromatic rings. The van der Waals surface area contributed by atoms with Crippen LogP contribution in [0.1, 0.15) is 323 Å². The van der Waals surface area contributed by atoms with Gasteiger partial charge in [0.1, 0.15) is 13.2 Å². The first-order valence-electron chi connectivity index (χ1n) is 33.2. The van der Waals surface area contributed by atoms with Crippen molar-refractivity contribution in [3.8, 4) is 0 Å². The molecule has 0 radical (unpaired) electrons. The minimum absolute atomic E-state index is 0.0851. The van der Waals surface area contributed by atoms with Gasteiger partial charge in [-0.2, -0.15) is 0 Å². The third kappa shape index (κ3) is 63.2. The number of hydrogen-bond donors (Lipinski definition) is 0. The Morgan fingerprint density at radius 2 is 0.500 bits per heavy atom. The molecular formula is C72H124O6. The van der Waals surface area contributed by atoms with E-state index in [-0.39, 0.29) is 31.1 Å². The highest BCUT2D eigenvalue weighted by Gasteiger charge is 2.19. The number of carbonyl (C=O) groups excluding carboxylic acids is 3. The van der Waals surface area contributed by atoms with E-state index in [0.717, 1.165) is 116 Å². The summed E-state index contributed by atoms with van der Waals surface area (Å²) >= 11 is 0. The molecule has 1 unspecified atom stereocenters. The van der Waals surface area contributed by atoms with E-state index in [9.17, 15) is 14.4 Å². The highest BCUT2D eigenvalue weighted by molar-refractivity contribution is 5.71. The maximum Gasteiger partial charge on any atom is 0.306 e. The Balaban J connectivity index is 4.38. The zero-order valence-electron chi connectivity index (χ0n) is 51.4. The Bertz CT molecular complexity index is 1530. The van der Waals surface area contributed by atoms with Crippen LogP contribution in [0.15, 0.2) is 97.2 Å². The summed E-state index contributed by atoms with van der Waals surface area (Å²) < 4.78 is 17.0. The van der Waals surface area contributed by atoms with E-state index >= 15 is 0 Å². The molecule has 0 fully saturated rings. The Morgan fingerprint density at radius 3 is 0.808 bits per heavy atom. The lowest BCUT2D eigenvalue weighted by Crippen LogP contribution is -2.30. The molecule has 0 spiro atoms. The molecule has 0 amide bonds. The highest BCUT2D eigenvalue weighted by atomic mass is 16.6. The zero-order valence-corrected chi connectivity index (χ0v) is 51.4. The van der Waals surface area contributed by atoms with Crippen molar-refractivity contribution in [2.45, 2.75) is 329 Å². The third-order valence-corrected chi connectivity index (χ3v) is 14.3. The van der Waals surface area contributed by atoms with Gasteiger partial charge in [-0.3, -0.25) is 14.4 Å². The smallest absolute Gasteiger partial charge is 0.306 e. The average Bonchev–Trinajstić information content (AvgIpc) is 3.44. The quantitative estimate of drug-likeness (QED) is 0.0261. The van der Waals surface area contributed by atoms with Gasteiger partial charge in [-0.15, -0.1) is 0 Å². The highest BCUT2D eigenvalue weighted by Crippen LogP contribution is 2.16. The summed E-state index contributed by atoms with van der Waals surface area (Å²) in [5.74, 6) is -0.894. The molecule has 0 rings (SSSR count). The van der Waals surface area contributed by atoms with E-state index in [1.54, 1.807) is 0 Å². The van der Waals surface area contributed by atoms with Crippen molar-refractivity contribution in [1.29, 1.82) is 0 Å². The first-order chi connectivity index (χ1) is 38.5. The second kappa shape index (κ2) is 65.8. The van der Waals surface area contributed by atoms with Crippen LogP contribution in [0.5, 0.6) is 0 Å². The number of rotatable bonds is 60. The lowest BCUT2D eigenvalue weighted by atomic mass is 10.1. The van der Waals surface area contributed by atoms with Crippen LogP contribution in [-0.2, 0) is 28.6 Å². The minimum atomic E-state index is -0.789. The van der Waals surface area contributed by atoms with Crippen molar-refractivity contribution in [2.75, 3.05) is 13.2 Å². The molecular weight excluding hydrogens is 961 g/mol. The molecule has 0 aliphatic rings. The molecule has 0 aromatic heterocycles. The van der Waals surface area contributed by atoms with Gasteiger partial charge in [-0.1, -0.05) is 279 Å². The summed E-state index contributed by atoms with van der Waals surface area (Å²) in [6.07, 6.45) is 88.4. The van der Waals surface area contributed by atoms with Crippen LogP contribution in [0.25, 0.3) is 0 Å². The third-order valence-electron chi connectivity index (χ3n) is 14.3. The van der Waals surface area contributed by atoms with Crippen LogP contribution in [0.4, 0.5) is 0 Å². The first-order valence-corrected chi connectivity index (χ1v) is 33.2. The molecule has 0 aliphatic heterocycles. The van der Waals surface area contributed by atoms with Crippen LogP contribution in [0.3, 0.4) is 0 Å². The van der Waals surface area contributed by atoms with Gasteiger partial charge in [0.05, 0.1) is 0 Å². The summed E-state index contributed by atoms with van der Waals surface area (Å²) in [7, 11) is 0. The topological polar surface area (TPSA) is 78.9 Å². The number of esters is 3. The number of hydrogen-bond acceptors (Lipinski definition) is 6. The van der Waals surface area contributed by atoms with Crippen molar-refractivity contribution in [3.05, 3.63) is 97.2 Å². The number of carbonyl (C=O) groups is 3. The van der Waals surface area contributed by atoms with Crippen LogP contribution in [-0.4, -0.2) is 37.2 Å². The lowest BCUT2D eigenvalue weighted by Gasteiger charge is -2.18. The fourth-order valence-corrected chi connectivity index (χ4v) is 9.32. The van der Waals surface area contributed by atoms with Gasteiger partial charge in [-0.05, 0) is 122 Å². The summed E-state index contributed by atoms with van der Waals surface area (Å²) in [5.41, 5.74) is 0. The fraction of sp³-hybridized carbons (Fsp3) is 0.736. The first kappa shape index (κ1) is 74.3. The fourth-order valence-electron chi connectivity index (χ4n) is 9.32. The van der Waals surface area contributed by atoms with Gasteiger partial charge < -0.3 is 14.2 Å². The van der Waals surface area contributed by atoms with Gasteiger partial charge >= 0.3 is 17.9 Å². The number of unbranched alkanes of at least 4 members (excludes halogenated alkanes) is 33. The molecule has 0 bridgehead atoms. The molecule has 6 heteroatoms. The van der Waals surface area contributed by atoms with Crippen molar-refractivity contribution in [2.24, 2.45) is 0 Å². The van der Waals surface area contributed by atoms with Gasteiger partial charge in [0.15, 0.2) is 6.10 Å². The molecule has 6 nitrogen and oxygen atoms in total. The van der Waals surface area contributed by atoms with Gasteiger partial charge in [0.2, 0.25) is 0 Å². The number of ether oxygens (including phenoxy) is 3. The van der Waals surface area contributed by atoms with E-state index in [1.165, 1.54) is 167 Å². The molecule has 1 atom stereocenters. The van der Waals surface area contributed by atoms with E-state index in [1.807, 2.05) is 0 Å². The molecule has 0 N–H and O–H groups in total. The maximum absolute atomic E-state index is 12.9. The SMILES string of the molecule is CC/C=C\C/C=C\C/C=C\C/C=C\C/C=C\CCCCCCCCCCCC(=O)OCC(COC(=O)CCCCCCC/C=C\C/C=C\CCCCCC)OC(=O)CCCCCCCCCCC/C=C\CCCCCCCC. The summed E-state index contributed by atoms with van der Waals surface area (Å²) in [6.45, 7) is 6.52. The molecule has 0 heterocycles. The predicted molar refractivity (Wildman–Crippen MR) is 339 cm³/mol. The van der Waals surface area contributed by atoms with E-state index < -0.39 is 6.10 Å². The monoisotopic (exact) mass is 1080 g/mol. The second-order valence-electron chi connectivity index (χ2n) is 22.0. The maximum atomic E-state index is 12.9.